The van der Waals surface area contributed by atoms with E-state index >= 15 is 0 Å². The number of likely N-dealkylation sites (tertiary alicyclic amines) is 1. The van der Waals surface area contributed by atoms with E-state index in [0.717, 1.165) is 12.8 Å². The third kappa shape index (κ3) is 4.28. The minimum absolute atomic E-state index is 0.0409. The zero-order valence-electron chi connectivity index (χ0n) is 15.1. The molecule has 0 aromatic carbocycles. The van der Waals surface area contributed by atoms with Crippen molar-refractivity contribution < 1.29 is 22.4 Å². The molecular formula is C18H26N2O5S. The van der Waals surface area contributed by atoms with Crippen molar-refractivity contribution >= 4 is 21.7 Å². The van der Waals surface area contributed by atoms with E-state index < -0.39 is 15.8 Å². The van der Waals surface area contributed by atoms with E-state index in [1.54, 1.807) is 28.2 Å². The predicted octanol–water partition coefficient (Wildman–Crippen LogP) is 1.44. The predicted molar refractivity (Wildman–Crippen MR) is 95.9 cm³/mol. The number of carbonyl (C=O) groups excluding carboxylic acids is 2. The van der Waals surface area contributed by atoms with Gasteiger partial charge in [-0.2, -0.15) is 0 Å². The van der Waals surface area contributed by atoms with Crippen LogP contribution in [0.1, 0.15) is 38.4 Å². The molecule has 0 N–H and O–H groups in total. The maximum Gasteiger partial charge on any atom is 0.228 e. The van der Waals surface area contributed by atoms with Crippen LogP contribution in [0.4, 0.5) is 0 Å². The molecule has 26 heavy (non-hydrogen) atoms. The van der Waals surface area contributed by atoms with E-state index in [1.165, 1.54) is 0 Å². The first kappa shape index (κ1) is 18.9. The lowest BCUT2D eigenvalue weighted by molar-refractivity contribution is -0.137. The first-order chi connectivity index (χ1) is 12.4. The molecular weight excluding hydrogens is 356 g/mol. The molecule has 2 saturated heterocycles. The van der Waals surface area contributed by atoms with Crippen molar-refractivity contribution in [1.82, 2.24) is 9.80 Å². The van der Waals surface area contributed by atoms with Crippen molar-refractivity contribution in [3.05, 3.63) is 24.2 Å². The van der Waals surface area contributed by atoms with Crippen LogP contribution in [0.15, 0.2) is 22.8 Å². The summed E-state index contributed by atoms with van der Waals surface area (Å²) >= 11 is 0. The second kappa shape index (κ2) is 7.82. The lowest BCUT2D eigenvalue weighted by Crippen LogP contribution is -2.45. The van der Waals surface area contributed by atoms with Crippen LogP contribution < -0.4 is 0 Å². The molecule has 3 heterocycles. The number of unbranched alkanes of at least 4 members (excludes halogenated alkanes) is 1. The Bertz CT molecular complexity index is 744. The lowest BCUT2D eigenvalue weighted by atomic mass is 10.0. The Labute approximate surface area is 154 Å². The second-order valence-electron chi connectivity index (χ2n) is 7.20. The van der Waals surface area contributed by atoms with Crippen LogP contribution in [0.2, 0.25) is 0 Å². The van der Waals surface area contributed by atoms with E-state index in [4.69, 9.17) is 4.42 Å². The zero-order chi connectivity index (χ0) is 18.7. The second-order valence-corrected chi connectivity index (χ2v) is 9.43. The Kier molecular flexibility index (Phi) is 5.70. The Morgan fingerprint density at radius 1 is 1.42 bits per heavy atom. The molecule has 144 valence electrons. The molecule has 1 aromatic heterocycles. The number of carbonyl (C=O) groups is 2. The summed E-state index contributed by atoms with van der Waals surface area (Å²) in [6.45, 7) is 3.32. The number of hydrogen-bond acceptors (Lipinski definition) is 5. The summed E-state index contributed by atoms with van der Waals surface area (Å²) in [5.74, 6) is 0.319. The van der Waals surface area contributed by atoms with E-state index in [9.17, 15) is 18.0 Å². The number of rotatable bonds is 7. The quantitative estimate of drug-likeness (QED) is 0.712. The summed E-state index contributed by atoms with van der Waals surface area (Å²) in [5, 5.41) is 0. The molecule has 3 rings (SSSR count). The number of sulfone groups is 1. The van der Waals surface area contributed by atoms with Crippen LogP contribution in [-0.4, -0.2) is 60.7 Å². The third-order valence-electron chi connectivity index (χ3n) is 5.18. The van der Waals surface area contributed by atoms with Gasteiger partial charge in [-0.15, -0.1) is 0 Å². The molecule has 1 aromatic rings. The van der Waals surface area contributed by atoms with Crippen LogP contribution in [0, 0.1) is 5.92 Å². The Morgan fingerprint density at radius 3 is 2.85 bits per heavy atom. The van der Waals surface area contributed by atoms with Gasteiger partial charge in [-0.05, 0) is 25.0 Å². The number of furan rings is 1. The highest BCUT2D eigenvalue weighted by molar-refractivity contribution is 7.91. The molecule has 2 unspecified atom stereocenters. The summed E-state index contributed by atoms with van der Waals surface area (Å²) in [6.07, 6.45) is 4.00. The largest absolute Gasteiger partial charge is 0.467 e. The van der Waals surface area contributed by atoms with Crippen molar-refractivity contribution in [2.75, 3.05) is 24.6 Å². The number of hydrogen-bond donors (Lipinski definition) is 0. The molecule has 2 amide bonds. The smallest absolute Gasteiger partial charge is 0.228 e. The SMILES string of the molecule is CCCCN(C(=O)C1CC(=O)N(Cc2ccco2)C1)C1CCS(=O)(=O)C1. The van der Waals surface area contributed by atoms with Gasteiger partial charge in [-0.1, -0.05) is 13.3 Å². The van der Waals surface area contributed by atoms with Gasteiger partial charge in [0.25, 0.3) is 0 Å². The van der Waals surface area contributed by atoms with Crippen molar-refractivity contribution in [2.24, 2.45) is 5.92 Å². The molecule has 2 fully saturated rings. The third-order valence-corrected chi connectivity index (χ3v) is 6.93. The fourth-order valence-corrected chi connectivity index (χ4v) is 5.47. The van der Waals surface area contributed by atoms with Crippen molar-refractivity contribution in [3.63, 3.8) is 0 Å². The van der Waals surface area contributed by atoms with Crippen molar-refractivity contribution in [2.45, 2.75) is 45.2 Å². The highest BCUT2D eigenvalue weighted by Gasteiger charge is 2.41. The highest BCUT2D eigenvalue weighted by Crippen LogP contribution is 2.26. The molecule has 0 spiro atoms. The van der Waals surface area contributed by atoms with Crippen LogP contribution >= 0.6 is 0 Å². The normalized spacial score (nSPS) is 25.0. The maximum absolute atomic E-state index is 13.1. The van der Waals surface area contributed by atoms with E-state index in [-0.39, 0.29) is 35.8 Å². The minimum atomic E-state index is -3.06. The summed E-state index contributed by atoms with van der Waals surface area (Å²) in [5.41, 5.74) is 0. The highest BCUT2D eigenvalue weighted by atomic mass is 32.2. The summed E-state index contributed by atoms with van der Waals surface area (Å²) in [6, 6.07) is 3.32. The maximum atomic E-state index is 13.1. The topological polar surface area (TPSA) is 87.9 Å². The molecule has 0 aliphatic carbocycles. The van der Waals surface area contributed by atoms with Crippen LogP contribution in [0.5, 0.6) is 0 Å². The minimum Gasteiger partial charge on any atom is -0.467 e. The molecule has 8 heteroatoms. The van der Waals surface area contributed by atoms with Gasteiger partial charge >= 0.3 is 0 Å². The van der Waals surface area contributed by atoms with Gasteiger partial charge < -0.3 is 14.2 Å². The molecule has 2 atom stereocenters. The van der Waals surface area contributed by atoms with Gasteiger partial charge in [0.05, 0.1) is 30.2 Å². The summed E-state index contributed by atoms with van der Waals surface area (Å²) < 4.78 is 29.0. The number of amides is 2. The molecule has 0 bridgehead atoms. The van der Waals surface area contributed by atoms with Crippen LogP contribution in [0.25, 0.3) is 0 Å². The lowest BCUT2D eigenvalue weighted by Gasteiger charge is -2.30. The van der Waals surface area contributed by atoms with Gasteiger partial charge in [0.2, 0.25) is 11.8 Å². The average molecular weight is 382 g/mol. The zero-order valence-corrected chi connectivity index (χ0v) is 15.9. The fourth-order valence-electron chi connectivity index (χ4n) is 3.74. The monoisotopic (exact) mass is 382 g/mol. The van der Waals surface area contributed by atoms with Gasteiger partial charge in [0.15, 0.2) is 9.84 Å². The first-order valence-electron chi connectivity index (χ1n) is 9.20. The Balaban J connectivity index is 1.67. The van der Waals surface area contributed by atoms with Crippen LogP contribution in [0.3, 0.4) is 0 Å². The molecule has 7 nitrogen and oxygen atoms in total. The average Bonchev–Trinajstić information content (AvgIpc) is 3.30. The molecule has 0 radical (unpaired) electrons. The first-order valence-corrected chi connectivity index (χ1v) is 11.0. The standard InChI is InChI=1S/C18H26N2O5S/c1-2-3-7-20(15-6-9-26(23,24)13-15)18(22)14-10-17(21)19(11-14)12-16-5-4-8-25-16/h4-5,8,14-15H,2-3,6-7,9-13H2,1H3. The van der Waals surface area contributed by atoms with E-state index in [2.05, 4.69) is 0 Å². The van der Waals surface area contributed by atoms with E-state index in [1.807, 2.05) is 6.92 Å². The van der Waals surface area contributed by atoms with Gasteiger partial charge in [-0.25, -0.2) is 8.42 Å². The Hall–Kier alpha value is -1.83. The van der Waals surface area contributed by atoms with Crippen LogP contribution in [-0.2, 0) is 26.0 Å². The van der Waals surface area contributed by atoms with Gasteiger partial charge in [0.1, 0.15) is 5.76 Å². The summed E-state index contributed by atoms with van der Waals surface area (Å²) in [4.78, 5) is 28.7. The van der Waals surface area contributed by atoms with E-state index in [0.29, 0.717) is 31.8 Å². The Morgan fingerprint density at radius 2 is 2.23 bits per heavy atom. The molecule has 2 aliphatic rings. The number of nitrogens with zero attached hydrogens (tertiary/aromatic N) is 2. The van der Waals surface area contributed by atoms with Gasteiger partial charge in [0, 0.05) is 25.6 Å². The molecule has 0 saturated carbocycles. The molecule has 2 aliphatic heterocycles. The van der Waals surface area contributed by atoms with Crippen molar-refractivity contribution in [3.8, 4) is 0 Å². The van der Waals surface area contributed by atoms with Crippen molar-refractivity contribution in [1.29, 1.82) is 0 Å². The fraction of sp³-hybridized carbons (Fsp3) is 0.667. The summed E-state index contributed by atoms with van der Waals surface area (Å²) in [7, 11) is -3.06. The van der Waals surface area contributed by atoms with Gasteiger partial charge in [-0.3, -0.25) is 9.59 Å².